The molecule has 0 aliphatic rings. The third-order valence-corrected chi connectivity index (χ3v) is 3.69. The largest absolute Gasteiger partial charge is 0.465 e. The van der Waals surface area contributed by atoms with E-state index in [1.807, 2.05) is 43.3 Å². The van der Waals surface area contributed by atoms with Gasteiger partial charge in [-0.25, -0.2) is 14.5 Å². The van der Waals surface area contributed by atoms with Gasteiger partial charge in [0, 0.05) is 0 Å². The number of hydrogen-bond acceptors (Lipinski definition) is 5. The highest BCUT2D eigenvalue weighted by molar-refractivity contribution is 5.90. The molecule has 0 fully saturated rings. The smallest absolute Gasteiger partial charge is 0.337 e. The third-order valence-electron chi connectivity index (χ3n) is 3.69. The number of methoxy groups -OCH3 is 1. The fourth-order valence-corrected chi connectivity index (χ4v) is 2.44. The fraction of sp³-hybridized carbons (Fsp3) is 0.105. The van der Waals surface area contributed by atoms with Crippen LogP contribution in [0.25, 0.3) is 11.1 Å². The Morgan fingerprint density at radius 1 is 1.20 bits per heavy atom. The zero-order valence-corrected chi connectivity index (χ0v) is 14.0. The molecule has 6 nitrogen and oxygen atoms in total. The van der Waals surface area contributed by atoms with E-state index >= 15 is 0 Å². The zero-order valence-electron chi connectivity index (χ0n) is 14.0. The first-order valence-electron chi connectivity index (χ1n) is 7.71. The van der Waals surface area contributed by atoms with Gasteiger partial charge < -0.3 is 10.5 Å². The van der Waals surface area contributed by atoms with E-state index < -0.39 is 0 Å². The van der Waals surface area contributed by atoms with Gasteiger partial charge in [-0.05, 0) is 41.8 Å². The Morgan fingerprint density at radius 2 is 1.96 bits per heavy atom. The molecule has 3 rings (SSSR count). The van der Waals surface area contributed by atoms with Crippen LogP contribution < -0.4 is 5.73 Å². The van der Waals surface area contributed by atoms with Crippen LogP contribution >= 0.6 is 0 Å². The Balaban J connectivity index is 1.84. The lowest BCUT2D eigenvalue weighted by atomic mass is 10.0. The molecule has 0 saturated heterocycles. The normalized spacial score (nSPS) is 11.0. The number of aromatic nitrogens is 2. The molecule has 1 heterocycles. The number of ether oxygens (including phenoxy) is 1. The van der Waals surface area contributed by atoms with Gasteiger partial charge in [0.2, 0.25) is 5.95 Å². The topological polar surface area (TPSA) is 82.5 Å². The number of carbonyl (C=O) groups is 1. The van der Waals surface area contributed by atoms with Crippen LogP contribution in [0.3, 0.4) is 0 Å². The van der Waals surface area contributed by atoms with Crippen LogP contribution in [0.5, 0.6) is 0 Å². The average molecular weight is 334 g/mol. The van der Waals surface area contributed by atoms with Gasteiger partial charge in [-0.15, -0.1) is 0 Å². The molecule has 1 aromatic heterocycles. The third kappa shape index (κ3) is 3.74. The maximum absolute atomic E-state index is 11.5. The van der Waals surface area contributed by atoms with E-state index in [9.17, 15) is 4.79 Å². The number of hydrogen-bond donors (Lipinski definition) is 1. The Hall–Kier alpha value is -3.41. The number of aryl methyl sites for hydroxylation is 1. The molecular formula is C19H18N4O2. The molecule has 0 aliphatic heterocycles. The predicted octanol–water partition coefficient (Wildman–Crippen LogP) is 3.11. The molecule has 0 saturated carbocycles. The summed E-state index contributed by atoms with van der Waals surface area (Å²) in [7, 11) is 1.37. The minimum absolute atomic E-state index is 0.347. The molecule has 2 aromatic carbocycles. The number of nitrogens with two attached hydrogens (primary N) is 1. The van der Waals surface area contributed by atoms with Crippen molar-refractivity contribution in [3.05, 3.63) is 71.5 Å². The molecule has 0 unspecified atom stereocenters. The van der Waals surface area contributed by atoms with E-state index in [4.69, 9.17) is 10.5 Å². The second-order valence-electron chi connectivity index (χ2n) is 5.52. The maximum atomic E-state index is 11.5. The molecule has 25 heavy (non-hydrogen) atoms. The number of esters is 1. The summed E-state index contributed by atoms with van der Waals surface area (Å²) in [5.74, 6) is 0.00366. The van der Waals surface area contributed by atoms with Crippen molar-refractivity contribution in [3.63, 3.8) is 0 Å². The van der Waals surface area contributed by atoms with Crippen molar-refractivity contribution in [2.24, 2.45) is 5.10 Å². The molecule has 3 aromatic rings. The van der Waals surface area contributed by atoms with Crippen molar-refractivity contribution < 1.29 is 9.53 Å². The van der Waals surface area contributed by atoms with Crippen molar-refractivity contribution in [2.75, 3.05) is 12.8 Å². The summed E-state index contributed by atoms with van der Waals surface area (Å²) in [6.45, 7) is 1.86. The summed E-state index contributed by atoms with van der Waals surface area (Å²) in [4.78, 5) is 15.6. The van der Waals surface area contributed by atoms with Crippen LogP contribution in [0.15, 0.2) is 59.8 Å². The highest BCUT2D eigenvalue weighted by atomic mass is 16.5. The molecule has 0 bridgehead atoms. The van der Waals surface area contributed by atoms with Crippen LogP contribution in [-0.2, 0) is 4.74 Å². The lowest BCUT2D eigenvalue weighted by molar-refractivity contribution is 0.0601. The standard InChI is InChI=1S/C19H18N4O2/c1-13-12-23(19(20)22-13)21-11-14-4-3-5-17(10-14)15-6-8-16(9-7-15)18(24)25-2/h3-12H,1-2H3,(H2,20,22). The Kier molecular flexibility index (Phi) is 4.61. The summed E-state index contributed by atoms with van der Waals surface area (Å²) in [6.07, 6.45) is 3.49. The van der Waals surface area contributed by atoms with Crippen LogP contribution in [0.1, 0.15) is 21.6 Å². The van der Waals surface area contributed by atoms with E-state index in [-0.39, 0.29) is 5.97 Å². The number of anilines is 1. The molecule has 0 atom stereocenters. The van der Waals surface area contributed by atoms with Crippen molar-refractivity contribution in [2.45, 2.75) is 6.92 Å². The summed E-state index contributed by atoms with van der Waals surface area (Å²) < 4.78 is 6.25. The predicted molar refractivity (Wildman–Crippen MR) is 97.6 cm³/mol. The van der Waals surface area contributed by atoms with Crippen LogP contribution in [-0.4, -0.2) is 29.0 Å². The first-order valence-corrected chi connectivity index (χ1v) is 7.71. The highest BCUT2D eigenvalue weighted by Gasteiger charge is 2.05. The van der Waals surface area contributed by atoms with E-state index in [1.165, 1.54) is 11.8 Å². The molecule has 0 spiro atoms. The van der Waals surface area contributed by atoms with Gasteiger partial charge in [0.15, 0.2) is 0 Å². The van der Waals surface area contributed by atoms with Crippen molar-refractivity contribution in [1.82, 2.24) is 9.66 Å². The fourth-order valence-electron chi connectivity index (χ4n) is 2.44. The monoisotopic (exact) mass is 334 g/mol. The van der Waals surface area contributed by atoms with Gasteiger partial charge in [-0.3, -0.25) is 0 Å². The molecule has 126 valence electrons. The minimum Gasteiger partial charge on any atom is -0.465 e. The Morgan fingerprint density at radius 3 is 2.60 bits per heavy atom. The van der Waals surface area contributed by atoms with Gasteiger partial charge in [-0.1, -0.05) is 30.3 Å². The summed E-state index contributed by atoms with van der Waals surface area (Å²) >= 11 is 0. The molecule has 2 N–H and O–H groups in total. The SMILES string of the molecule is COC(=O)c1ccc(-c2cccc(C=Nn3cc(C)nc3N)c2)cc1. The second-order valence-corrected chi connectivity index (χ2v) is 5.52. The van der Waals surface area contributed by atoms with Crippen LogP contribution in [0.4, 0.5) is 5.95 Å². The quantitative estimate of drug-likeness (QED) is 0.587. The van der Waals surface area contributed by atoms with Crippen molar-refractivity contribution in [1.29, 1.82) is 0 Å². The molecule has 0 aliphatic carbocycles. The van der Waals surface area contributed by atoms with Gasteiger partial charge in [-0.2, -0.15) is 5.10 Å². The van der Waals surface area contributed by atoms with Gasteiger partial charge >= 0.3 is 5.97 Å². The Bertz CT molecular complexity index is 927. The number of rotatable bonds is 4. The van der Waals surface area contributed by atoms with E-state index in [1.54, 1.807) is 24.5 Å². The highest BCUT2D eigenvalue weighted by Crippen LogP contribution is 2.21. The number of imidazole rings is 1. The molecule has 0 radical (unpaired) electrons. The van der Waals surface area contributed by atoms with Crippen molar-refractivity contribution >= 4 is 18.1 Å². The lowest BCUT2D eigenvalue weighted by Crippen LogP contribution is -2.00. The van der Waals surface area contributed by atoms with Gasteiger partial charge in [0.05, 0.1) is 30.8 Å². The molecule has 0 amide bonds. The summed E-state index contributed by atoms with van der Waals surface area (Å²) in [5.41, 5.74) is 10.1. The number of nitrogen functional groups attached to an aromatic ring is 1. The second kappa shape index (κ2) is 7.00. The number of nitrogens with zero attached hydrogens (tertiary/aromatic N) is 3. The molecule has 6 heteroatoms. The zero-order chi connectivity index (χ0) is 17.8. The summed E-state index contributed by atoms with van der Waals surface area (Å²) in [5, 5.41) is 4.32. The van der Waals surface area contributed by atoms with E-state index in [0.717, 1.165) is 22.4 Å². The maximum Gasteiger partial charge on any atom is 0.337 e. The number of carbonyl (C=O) groups excluding carboxylic acids is 1. The van der Waals surface area contributed by atoms with Crippen LogP contribution in [0, 0.1) is 6.92 Å². The minimum atomic E-state index is -0.347. The number of benzene rings is 2. The molecular weight excluding hydrogens is 316 g/mol. The first kappa shape index (κ1) is 16.4. The average Bonchev–Trinajstić information content (AvgIpc) is 2.97. The lowest BCUT2D eigenvalue weighted by Gasteiger charge is -2.05. The van der Waals surface area contributed by atoms with Gasteiger partial charge in [0.1, 0.15) is 0 Å². The van der Waals surface area contributed by atoms with Crippen LogP contribution in [0.2, 0.25) is 0 Å². The Labute approximate surface area is 145 Å². The van der Waals surface area contributed by atoms with E-state index in [2.05, 4.69) is 10.1 Å². The summed E-state index contributed by atoms with van der Waals surface area (Å²) in [6, 6.07) is 15.2. The van der Waals surface area contributed by atoms with E-state index in [0.29, 0.717) is 11.5 Å². The van der Waals surface area contributed by atoms with Crippen molar-refractivity contribution in [3.8, 4) is 11.1 Å². The first-order chi connectivity index (χ1) is 12.1. The van der Waals surface area contributed by atoms with Gasteiger partial charge in [0.25, 0.3) is 0 Å².